The Kier molecular flexibility index (Phi) is 7.32. The maximum absolute atomic E-state index is 11.3. The second-order valence-corrected chi connectivity index (χ2v) is 5.90. The third kappa shape index (κ3) is 5.19. The van der Waals surface area contributed by atoms with Crippen LogP contribution in [0.25, 0.3) is 10.6 Å². The van der Waals surface area contributed by atoms with Gasteiger partial charge in [-0.1, -0.05) is 48.5 Å². The van der Waals surface area contributed by atoms with Gasteiger partial charge in [0.25, 0.3) is 0 Å². The molecule has 28 heavy (non-hydrogen) atoms. The van der Waals surface area contributed by atoms with Crippen LogP contribution >= 0.6 is 0 Å². The molecule has 144 valence electrons. The fourth-order valence-electron chi connectivity index (χ4n) is 2.55. The van der Waals surface area contributed by atoms with Gasteiger partial charge in [-0.15, -0.1) is 13.1 Å². The number of nitrogens with zero attached hydrogens (tertiary/aromatic N) is 2. The van der Waals surface area contributed by atoms with Crippen molar-refractivity contribution in [2.24, 2.45) is 0 Å². The Balaban J connectivity index is 0.00000280. The molecule has 3 aromatic rings. The molecule has 0 saturated carbocycles. The van der Waals surface area contributed by atoms with Crippen LogP contribution in [0.1, 0.15) is 21.5 Å². The smallest absolute Gasteiger partial charge is 0.682 e. The summed E-state index contributed by atoms with van der Waals surface area (Å²) in [6.45, 7) is 0.424. The van der Waals surface area contributed by atoms with Crippen LogP contribution in [-0.2, 0) is 30.2 Å². The van der Waals surface area contributed by atoms with Gasteiger partial charge >= 0.3 is 23.0 Å². The molecule has 3 aromatic carbocycles. The van der Waals surface area contributed by atoms with Crippen molar-refractivity contribution in [1.29, 1.82) is 0 Å². The minimum Gasteiger partial charge on any atom is -0.682 e. The van der Waals surface area contributed by atoms with E-state index in [0.29, 0.717) is 22.5 Å². The number of phenolic OH excluding ortho intramolecular Hbond substituents is 2. The van der Waals surface area contributed by atoms with Gasteiger partial charge in [0.05, 0.1) is 5.56 Å². The molecule has 0 aromatic heterocycles. The molecule has 0 aliphatic rings. The van der Waals surface area contributed by atoms with E-state index >= 15 is 0 Å². The first-order valence-corrected chi connectivity index (χ1v) is 8.30. The standard InChI is InChI=1S/C21H18N2O4.Fe/c24-19-7-3-1-5-15(19)12-22-17-10-9-14(21(26)27)11-18(17)23-13-16-6-2-4-8-20(16)25;/h1-11,24-25H,12-13H2,(H,26,27);/q-2;+2. The molecule has 0 aliphatic carbocycles. The summed E-state index contributed by atoms with van der Waals surface area (Å²) in [5.41, 5.74) is 2.32. The van der Waals surface area contributed by atoms with Gasteiger partial charge in [-0.25, -0.2) is 4.79 Å². The summed E-state index contributed by atoms with van der Waals surface area (Å²) >= 11 is 0. The fourth-order valence-corrected chi connectivity index (χ4v) is 2.55. The second-order valence-electron chi connectivity index (χ2n) is 5.90. The largest absolute Gasteiger partial charge is 2.00 e. The fraction of sp³-hybridized carbons (Fsp3) is 0.0952. The minimum atomic E-state index is -1.05. The predicted molar refractivity (Wildman–Crippen MR) is 103 cm³/mol. The van der Waals surface area contributed by atoms with Gasteiger partial charge in [-0.05, 0) is 29.3 Å². The van der Waals surface area contributed by atoms with E-state index in [1.807, 2.05) is 6.07 Å². The van der Waals surface area contributed by atoms with Crippen LogP contribution in [0, 0.1) is 0 Å². The Morgan fingerprint density at radius 2 is 1.25 bits per heavy atom. The van der Waals surface area contributed by atoms with Gasteiger partial charge in [-0.3, -0.25) is 0 Å². The number of carbonyl (C=O) groups is 1. The zero-order valence-electron chi connectivity index (χ0n) is 14.8. The molecule has 0 aliphatic heterocycles. The van der Waals surface area contributed by atoms with E-state index < -0.39 is 5.97 Å². The van der Waals surface area contributed by atoms with Gasteiger partial charge in [0.1, 0.15) is 11.5 Å². The molecule has 7 heteroatoms. The molecular weight excluding hydrogens is 400 g/mol. The third-order valence-electron chi connectivity index (χ3n) is 4.05. The Labute approximate surface area is 173 Å². The number of benzene rings is 3. The molecule has 6 nitrogen and oxygen atoms in total. The minimum absolute atomic E-state index is 0. The van der Waals surface area contributed by atoms with Crippen molar-refractivity contribution in [3.05, 3.63) is 94.1 Å². The topological polar surface area (TPSA) is 106 Å². The molecule has 0 spiro atoms. The zero-order chi connectivity index (χ0) is 19.2. The number of carboxylic acid groups (broad SMARTS) is 1. The normalized spacial score (nSPS) is 10.0. The molecule has 0 amide bonds. The van der Waals surface area contributed by atoms with E-state index in [9.17, 15) is 20.1 Å². The van der Waals surface area contributed by atoms with Crippen molar-refractivity contribution in [2.75, 3.05) is 0 Å². The van der Waals surface area contributed by atoms with Crippen LogP contribution in [0.2, 0.25) is 0 Å². The van der Waals surface area contributed by atoms with Crippen molar-refractivity contribution in [2.45, 2.75) is 13.1 Å². The first kappa shape index (κ1) is 21.2. The Hall–Kier alpha value is -3.15. The van der Waals surface area contributed by atoms with Gasteiger partial charge in [-0.2, -0.15) is 11.4 Å². The van der Waals surface area contributed by atoms with Crippen molar-refractivity contribution in [3.63, 3.8) is 0 Å². The summed E-state index contributed by atoms with van der Waals surface area (Å²) < 4.78 is 0. The van der Waals surface area contributed by atoms with Crippen LogP contribution < -0.4 is 0 Å². The molecule has 0 saturated heterocycles. The SMILES string of the molecule is O=C(O)c1ccc([N-]Cc2ccccc2O)c([N-]Cc2ccccc2O)c1.[Fe+2]. The monoisotopic (exact) mass is 418 g/mol. The number of aromatic hydroxyl groups is 2. The number of para-hydroxylation sites is 2. The maximum atomic E-state index is 11.3. The number of rotatable bonds is 7. The van der Waals surface area contributed by atoms with Crippen LogP contribution in [0.3, 0.4) is 0 Å². The maximum Gasteiger partial charge on any atom is 2.00 e. The Bertz CT molecular complexity index is 963. The molecule has 0 bridgehead atoms. The van der Waals surface area contributed by atoms with E-state index in [1.165, 1.54) is 12.1 Å². The molecule has 0 atom stereocenters. The molecule has 3 rings (SSSR count). The summed E-state index contributed by atoms with van der Waals surface area (Å²) in [6.07, 6.45) is 0. The van der Waals surface area contributed by atoms with Crippen LogP contribution in [0.5, 0.6) is 11.5 Å². The number of phenols is 2. The molecule has 0 fully saturated rings. The van der Waals surface area contributed by atoms with E-state index in [1.54, 1.807) is 48.5 Å². The molecular formula is C21H18FeN2O4. The Morgan fingerprint density at radius 1 is 0.750 bits per heavy atom. The molecule has 0 unspecified atom stereocenters. The van der Waals surface area contributed by atoms with Gasteiger partial charge < -0.3 is 26.0 Å². The average molecular weight is 418 g/mol. The first-order valence-electron chi connectivity index (χ1n) is 8.30. The average Bonchev–Trinajstić information content (AvgIpc) is 2.67. The summed E-state index contributed by atoms with van der Waals surface area (Å²) in [6, 6.07) is 18.2. The quantitative estimate of drug-likeness (QED) is 0.459. The molecule has 0 radical (unpaired) electrons. The van der Waals surface area contributed by atoms with E-state index in [4.69, 9.17) is 0 Å². The van der Waals surface area contributed by atoms with E-state index in [2.05, 4.69) is 10.6 Å². The second kappa shape index (κ2) is 9.69. The van der Waals surface area contributed by atoms with E-state index in [-0.39, 0.29) is 47.2 Å². The number of hydrogen-bond acceptors (Lipinski definition) is 3. The number of hydrogen-bond donors (Lipinski definition) is 3. The Morgan fingerprint density at radius 3 is 1.75 bits per heavy atom. The summed E-state index contributed by atoms with van der Waals surface area (Å²) in [5.74, 6) is -0.777. The number of carboxylic acids is 1. The van der Waals surface area contributed by atoms with Gasteiger partial charge in [0.2, 0.25) is 0 Å². The number of aromatic carboxylic acids is 1. The van der Waals surface area contributed by atoms with Gasteiger partial charge in [0, 0.05) is 0 Å². The van der Waals surface area contributed by atoms with Crippen LogP contribution in [-0.4, -0.2) is 21.3 Å². The zero-order valence-corrected chi connectivity index (χ0v) is 15.9. The van der Waals surface area contributed by atoms with Gasteiger partial charge in [0.15, 0.2) is 0 Å². The van der Waals surface area contributed by atoms with Crippen molar-refractivity contribution in [1.82, 2.24) is 0 Å². The van der Waals surface area contributed by atoms with Crippen LogP contribution in [0.4, 0.5) is 11.4 Å². The summed E-state index contributed by atoms with van der Waals surface area (Å²) in [7, 11) is 0. The molecule has 3 N–H and O–H groups in total. The summed E-state index contributed by atoms with van der Waals surface area (Å²) in [4.78, 5) is 11.3. The predicted octanol–water partition coefficient (Wildman–Crippen LogP) is 5.20. The van der Waals surface area contributed by atoms with Crippen LogP contribution in [0.15, 0.2) is 66.7 Å². The van der Waals surface area contributed by atoms with Crippen molar-refractivity contribution < 1.29 is 37.2 Å². The third-order valence-corrected chi connectivity index (χ3v) is 4.05. The summed E-state index contributed by atoms with van der Waals surface area (Å²) in [5, 5.41) is 37.9. The van der Waals surface area contributed by atoms with Crippen molar-refractivity contribution in [3.8, 4) is 11.5 Å². The van der Waals surface area contributed by atoms with E-state index in [0.717, 1.165) is 0 Å². The first-order chi connectivity index (χ1) is 13.0. The van der Waals surface area contributed by atoms with Crippen molar-refractivity contribution >= 4 is 17.3 Å². The molecule has 0 heterocycles.